The molecule has 1 saturated heterocycles. The molecule has 1 aromatic heterocycles. The summed E-state index contributed by atoms with van der Waals surface area (Å²) >= 11 is 0. The summed E-state index contributed by atoms with van der Waals surface area (Å²) in [4.78, 5) is 40.1. The molecular weight excluding hydrogens is 414 g/mol. The van der Waals surface area contributed by atoms with Gasteiger partial charge in [-0.3, -0.25) is 14.4 Å². The van der Waals surface area contributed by atoms with E-state index in [0.717, 1.165) is 6.42 Å². The Bertz CT molecular complexity index is 966. The maximum absolute atomic E-state index is 12.9. The molecule has 32 heavy (non-hydrogen) atoms. The number of piperidine rings is 1. The van der Waals surface area contributed by atoms with Gasteiger partial charge in [0.2, 0.25) is 12.7 Å². The summed E-state index contributed by atoms with van der Waals surface area (Å²) in [5, 5.41) is 5.80. The van der Waals surface area contributed by atoms with Gasteiger partial charge in [-0.1, -0.05) is 6.92 Å². The van der Waals surface area contributed by atoms with Gasteiger partial charge in [-0.15, -0.1) is 0 Å². The largest absolute Gasteiger partial charge is 0.459 e. The molecule has 1 fully saturated rings. The van der Waals surface area contributed by atoms with E-state index in [1.807, 2.05) is 6.92 Å². The van der Waals surface area contributed by atoms with Crippen LogP contribution in [0.25, 0.3) is 0 Å². The van der Waals surface area contributed by atoms with Crippen LogP contribution in [0.15, 0.2) is 41.0 Å². The van der Waals surface area contributed by atoms with E-state index in [2.05, 4.69) is 10.6 Å². The van der Waals surface area contributed by atoms with Gasteiger partial charge in [-0.25, -0.2) is 0 Å². The number of carbonyl (C=O) groups excluding carboxylic acids is 3. The lowest BCUT2D eigenvalue weighted by molar-refractivity contribution is -0.124. The number of carbonyl (C=O) groups is 3. The van der Waals surface area contributed by atoms with Crippen LogP contribution in [0.4, 0.5) is 0 Å². The van der Waals surface area contributed by atoms with Gasteiger partial charge in [0.15, 0.2) is 17.3 Å². The van der Waals surface area contributed by atoms with E-state index in [1.54, 1.807) is 35.2 Å². The van der Waals surface area contributed by atoms with E-state index < -0.39 is 6.04 Å². The number of ether oxygens (including phenoxy) is 2. The van der Waals surface area contributed by atoms with Crippen molar-refractivity contribution in [3.63, 3.8) is 0 Å². The van der Waals surface area contributed by atoms with E-state index in [1.165, 1.54) is 6.26 Å². The smallest absolute Gasteiger partial charge is 0.289 e. The summed E-state index contributed by atoms with van der Waals surface area (Å²) in [7, 11) is 0. The number of hydrogen-bond donors (Lipinski definition) is 2. The highest BCUT2D eigenvalue weighted by atomic mass is 16.7. The molecular formula is C23H27N3O6. The minimum absolute atomic E-state index is 0.0922. The molecule has 3 heterocycles. The molecule has 9 heteroatoms. The van der Waals surface area contributed by atoms with Gasteiger partial charge in [-0.2, -0.15) is 0 Å². The first-order valence-electron chi connectivity index (χ1n) is 10.9. The Kier molecular flexibility index (Phi) is 6.63. The van der Waals surface area contributed by atoms with Crippen LogP contribution in [0.1, 0.15) is 47.1 Å². The lowest BCUT2D eigenvalue weighted by atomic mass is 9.88. The zero-order valence-corrected chi connectivity index (χ0v) is 18.0. The van der Waals surface area contributed by atoms with Crippen LogP contribution in [0, 0.1) is 5.92 Å². The molecule has 0 aliphatic carbocycles. The predicted octanol–water partition coefficient (Wildman–Crippen LogP) is 2.19. The van der Waals surface area contributed by atoms with E-state index in [4.69, 9.17) is 13.9 Å². The Morgan fingerprint density at radius 3 is 2.62 bits per heavy atom. The highest BCUT2D eigenvalue weighted by Crippen LogP contribution is 2.32. The van der Waals surface area contributed by atoms with Gasteiger partial charge in [0.05, 0.1) is 6.26 Å². The first-order valence-corrected chi connectivity index (χ1v) is 10.9. The van der Waals surface area contributed by atoms with Crippen molar-refractivity contribution in [3.8, 4) is 11.5 Å². The lowest BCUT2D eigenvalue weighted by Gasteiger charge is -2.35. The summed E-state index contributed by atoms with van der Waals surface area (Å²) in [5.74, 6) is 0.583. The molecule has 2 aliphatic heterocycles. The Balaban J connectivity index is 1.43. The Labute approximate surface area is 186 Å². The first-order chi connectivity index (χ1) is 15.6. The number of nitrogens with one attached hydrogen (secondary N) is 2. The Hall–Kier alpha value is -3.49. The number of benzene rings is 1. The highest BCUT2D eigenvalue weighted by molar-refractivity contribution is 5.98. The van der Waals surface area contributed by atoms with Crippen molar-refractivity contribution in [1.29, 1.82) is 0 Å². The van der Waals surface area contributed by atoms with Crippen molar-refractivity contribution in [2.75, 3.05) is 26.4 Å². The third kappa shape index (κ3) is 4.71. The quantitative estimate of drug-likeness (QED) is 0.682. The van der Waals surface area contributed by atoms with E-state index in [0.29, 0.717) is 55.3 Å². The summed E-state index contributed by atoms with van der Waals surface area (Å²) in [6, 6.07) is 7.57. The van der Waals surface area contributed by atoms with Crippen molar-refractivity contribution >= 4 is 17.7 Å². The van der Waals surface area contributed by atoms with Crippen LogP contribution >= 0.6 is 0 Å². The van der Waals surface area contributed by atoms with Gasteiger partial charge < -0.3 is 29.4 Å². The zero-order chi connectivity index (χ0) is 22.5. The minimum Gasteiger partial charge on any atom is -0.459 e. The molecule has 0 bridgehead atoms. The van der Waals surface area contributed by atoms with Gasteiger partial charge in [-0.05, 0) is 55.5 Å². The minimum atomic E-state index is -0.694. The maximum atomic E-state index is 12.9. The van der Waals surface area contributed by atoms with Crippen molar-refractivity contribution < 1.29 is 28.3 Å². The molecule has 1 unspecified atom stereocenters. The zero-order valence-electron chi connectivity index (χ0n) is 18.0. The van der Waals surface area contributed by atoms with E-state index >= 15 is 0 Å². The number of amides is 3. The second-order valence-corrected chi connectivity index (χ2v) is 7.92. The van der Waals surface area contributed by atoms with Crippen LogP contribution in [-0.4, -0.2) is 55.1 Å². The fraction of sp³-hybridized carbons (Fsp3) is 0.435. The summed E-state index contributed by atoms with van der Waals surface area (Å²) in [6.07, 6.45) is 3.46. The topological polar surface area (TPSA) is 110 Å². The lowest BCUT2D eigenvalue weighted by Crippen LogP contribution is -2.54. The molecule has 0 radical (unpaired) electrons. The van der Waals surface area contributed by atoms with Crippen LogP contribution in [-0.2, 0) is 4.79 Å². The highest BCUT2D eigenvalue weighted by Gasteiger charge is 2.34. The molecule has 2 aliphatic rings. The maximum Gasteiger partial charge on any atom is 0.289 e. The molecule has 1 aromatic carbocycles. The molecule has 9 nitrogen and oxygen atoms in total. The molecule has 0 spiro atoms. The second kappa shape index (κ2) is 9.76. The number of nitrogens with zero attached hydrogens (tertiary/aromatic N) is 1. The van der Waals surface area contributed by atoms with Crippen LogP contribution in [0.2, 0.25) is 0 Å². The molecule has 4 rings (SSSR count). The molecule has 2 N–H and O–H groups in total. The third-order valence-corrected chi connectivity index (χ3v) is 5.78. The summed E-state index contributed by atoms with van der Waals surface area (Å²) in [6.45, 7) is 3.60. The summed E-state index contributed by atoms with van der Waals surface area (Å²) < 4.78 is 15.8. The fourth-order valence-electron chi connectivity index (χ4n) is 4.01. The SMILES string of the molecule is CCCNC(=O)C(NC(=O)c1ccc2c(c1)OCO2)C1CCN(C(=O)c2ccco2)CC1. The Morgan fingerprint density at radius 1 is 1.12 bits per heavy atom. The first kappa shape index (κ1) is 21.7. The number of likely N-dealkylation sites (tertiary alicyclic amines) is 1. The standard InChI is InChI=1S/C23H27N3O6/c1-2-9-24-22(28)20(25-21(27)16-5-6-17-19(13-16)32-14-31-17)15-7-10-26(11-8-15)23(29)18-4-3-12-30-18/h3-6,12-13,15,20H,2,7-11,14H2,1H3,(H,24,28)(H,25,27). The van der Waals surface area contributed by atoms with Crippen LogP contribution in [0.3, 0.4) is 0 Å². The molecule has 1 atom stereocenters. The fourth-order valence-corrected chi connectivity index (χ4v) is 4.01. The van der Waals surface area contributed by atoms with E-state index in [9.17, 15) is 14.4 Å². The number of rotatable bonds is 7. The number of hydrogen-bond acceptors (Lipinski definition) is 6. The number of fused-ring (bicyclic) bond motifs is 1. The average molecular weight is 441 g/mol. The van der Waals surface area contributed by atoms with Gasteiger partial charge in [0.1, 0.15) is 6.04 Å². The molecule has 170 valence electrons. The van der Waals surface area contributed by atoms with Gasteiger partial charge >= 0.3 is 0 Å². The predicted molar refractivity (Wildman–Crippen MR) is 114 cm³/mol. The van der Waals surface area contributed by atoms with Crippen molar-refractivity contribution in [3.05, 3.63) is 47.9 Å². The molecule has 0 saturated carbocycles. The van der Waals surface area contributed by atoms with Gasteiger partial charge in [0.25, 0.3) is 11.8 Å². The van der Waals surface area contributed by atoms with Crippen molar-refractivity contribution in [2.45, 2.75) is 32.2 Å². The Morgan fingerprint density at radius 2 is 1.91 bits per heavy atom. The van der Waals surface area contributed by atoms with Gasteiger partial charge in [0, 0.05) is 25.2 Å². The third-order valence-electron chi connectivity index (χ3n) is 5.78. The van der Waals surface area contributed by atoms with Crippen molar-refractivity contribution in [2.24, 2.45) is 5.92 Å². The van der Waals surface area contributed by atoms with E-state index in [-0.39, 0.29) is 30.4 Å². The van der Waals surface area contributed by atoms with Crippen LogP contribution < -0.4 is 20.1 Å². The second-order valence-electron chi connectivity index (χ2n) is 7.92. The number of furan rings is 1. The molecule has 2 aromatic rings. The van der Waals surface area contributed by atoms with Crippen LogP contribution in [0.5, 0.6) is 11.5 Å². The monoisotopic (exact) mass is 441 g/mol. The summed E-state index contributed by atoms with van der Waals surface area (Å²) in [5.41, 5.74) is 0.396. The van der Waals surface area contributed by atoms with Crippen molar-refractivity contribution in [1.82, 2.24) is 15.5 Å². The average Bonchev–Trinajstić information content (AvgIpc) is 3.52. The normalized spacial score (nSPS) is 16.5. The molecule has 3 amide bonds.